The Labute approximate surface area is 130 Å². The highest BCUT2D eigenvalue weighted by Gasteiger charge is 2.10. The maximum absolute atomic E-state index is 14.1. The highest BCUT2D eigenvalue weighted by atomic mass is 32.1. The number of halogens is 1. The van der Waals surface area contributed by atoms with Gasteiger partial charge in [0.2, 0.25) is 0 Å². The molecule has 2 nitrogen and oxygen atoms in total. The predicted molar refractivity (Wildman–Crippen MR) is 88.5 cm³/mol. The Morgan fingerprint density at radius 1 is 1.14 bits per heavy atom. The molecule has 0 heterocycles. The van der Waals surface area contributed by atoms with Crippen LogP contribution in [0.15, 0.2) is 48.5 Å². The van der Waals surface area contributed by atoms with Gasteiger partial charge in [0.15, 0.2) is 0 Å². The van der Waals surface area contributed by atoms with Crippen molar-refractivity contribution in [2.24, 2.45) is 5.73 Å². The molecular weight excluding hydrogens is 283 g/mol. The number of hydrogen-bond acceptors (Lipinski definition) is 2. The molecule has 0 saturated heterocycles. The maximum atomic E-state index is 14.1. The van der Waals surface area contributed by atoms with Gasteiger partial charge in [-0.15, -0.1) is 0 Å². The molecule has 0 fully saturated rings. The Morgan fingerprint density at radius 2 is 1.86 bits per heavy atom. The van der Waals surface area contributed by atoms with Crippen molar-refractivity contribution in [3.8, 4) is 0 Å². The van der Waals surface area contributed by atoms with E-state index >= 15 is 0 Å². The van der Waals surface area contributed by atoms with Crippen LogP contribution in [0.4, 0.5) is 4.39 Å². The lowest BCUT2D eigenvalue weighted by Crippen LogP contribution is -2.23. The molecule has 0 amide bonds. The van der Waals surface area contributed by atoms with Crippen LogP contribution in [0.25, 0.3) is 0 Å². The lowest BCUT2D eigenvalue weighted by atomic mass is 10.1. The molecule has 4 heteroatoms. The zero-order valence-electron chi connectivity index (χ0n) is 12.1. The van der Waals surface area contributed by atoms with Gasteiger partial charge in [0, 0.05) is 24.2 Å². The van der Waals surface area contributed by atoms with Crippen LogP contribution < -0.4 is 5.73 Å². The van der Waals surface area contributed by atoms with Crippen molar-refractivity contribution in [2.45, 2.75) is 20.0 Å². The van der Waals surface area contributed by atoms with Crippen LogP contribution in [0.5, 0.6) is 0 Å². The third kappa shape index (κ3) is 4.34. The monoisotopic (exact) mass is 302 g/mol. The smallest absolute Gasteiger partial charge is 0.128 e. The van der Waals surface area contributed by atoms with Gasteiger partial charge in [0.1, 0.15) is 10.8 Å². The molecule has 0 aromatic heterocycles. The fraction of sp³-hybridized carbons (Fsp3) is 0.235. The van der Waals surface area contributed by atoms with Crippen LogP contribution >= 0.6 is 12.2 Å². The third-order valence-corrected chi connectivity index (χ3v) is 3.66. The largest absolute Gasteiger partial charge is 0.389 e. The fourth-order valence-corrected chi connectivity index (χ4v) is 2.32. The fourth-order valence-electron chi connectivity index (χ4n) is 2.19. The first-order valence-electron chi connectivity index (χ1n) is 6.94. The third-order valence-electron chi connectivity index (χ3n) is 3.43. The Morgan fingerprint density at radius 3 is 2.43 bits per heavy atom. The minimum absolute atomic E-state index is 0.220. The quantitative estimate of drug-likeness (QED) is 0.828. The molecule has 0 atom stereocenters. The molecule has 2 aromatic carbocycles. The second kappa shape index (κ2) is 7.29. The molecule has 0 unspecified atom stereocenters. The van der Waals surface area contributed by atoms with Crippen LogP contribution in [0.3, 0.4) is 0 Å². The molecular formula is C17H19FN2S. The second-order valence-corrected chi connectivity index (χ2v) is 5.40. The number of nitrogens with zero attached hydrogens (tertiary/aromatic N) is 1. The van der Waals surface area contributed by atoms with Crippen molar-refractivity contribution < 1.29 is 4.39 Å². The highest BCUT2D eigenvalue weighted by molar-refractivity contribution is 7.80. The van der Waals surface area contributed by atoms with Gasteiger partial charge in [-0.05, 0) is 18.2 Å². The summed E-state index contributed by atoms with van der Waals surface area (Å²) < 4.78 is 14.1. The summed E-state index contributed by atoms with van der Waals surface area (Å²) in [6.45, 7) is 4.29. The predicted octanol–water partition coefficient (Wildman–Crippen LogP) is 3.48. The maximum Gasteiger partial charge on any atom is 0.128 e. The molecule has 0 spiro atoms. The van der Waals surface area contributed by atoms with E-state index in [0.717, 1.165) is 13.1 Å². The molecule has 2 N–H and O–H groups in total. The van der Waals surface area contributed by atoms with Crippen molar-refractivity contribution in [3.05, 3.63) is 71.0 Å². The average molecular weight is 302 g/mol. The summed E-state index contributed by atoms with van der Waals surface area (Å²) in [5.74, 6) is -0.258. The lowest BCUT2D eigenvalue weighted by Gasteiger charge is -2.21. The Balaban J connectivity index is 2.10. The van der Waals surface area contributed by atoms with E-state index in [9.17, 15) is 4.39 Å². The normalized spacial score (nSPS) is 10.8. The van der Waals surface area contributed by atoms with E-state index in [1.54, 1.807) is 12.1 Å². The minimum Gasteiger partial charge on any atom is -0.389 e. The van der Waals surface area contributed by atoms with Gasteiger partial charge in [-0.25, -0.2) is 4.39 Å². The van der Waals surface area contributed by atoms with E-state index in [0.29, 0.717) is 17.7 Å². The number of nitrogens with two attached hydrogens (primary N) is 1. The van der Waals surface area contributed by atoms with Gasteiger partial charge in [0.25, 0.3) is 0 Å². The zero-order valence-corrected chi connectivity index (χ0v) is 12.9. The Kier molecular flexibility index (Phi) is 5.42. The van der Waals surface area contributed by atoms with E-state index in [-0.39, 0.29) is 10.8 Å². The SMILES string of the molecule is CCN(Cc1ccccc1)Cc1ccc(C(N)=S)cc1F. The van der Waals surface area contributed by atoms with Crippen LogP contribution in [0.1, 0.15) is 23.6 Å². The van der Waals surface area contributed by atoms with Crippen LogP contribution in [0, 0.1) is 5.82 Å². The van der Waals surface area contributed by atoms with E-state index in [1.165, 1.54) is 11.6 Å². The summed E-state index contributed by atoms with van der Waals surface area (Å²) in [4.78, 5) is 2.41. The number of rotatable bonds is 6. The average Bonchev–Trinajstić information content (AvgIpc) is 2.49. The lowest BCUT2D eigenvalue weighted by molar-refractivity contribution is 0.267. The van der Waals surface area contributed by atoms with E-state index in [4.69, 9.17) is 18.0 Å². The summed E-state index contributed by atoms with van der Waals surface area (Å²) in [7, 11) is 0. The Hall–Kier alpha value is -1.78. The first-order valence-corrected chi connectivity index (χ1v) is 7.35. The molecule has 21 heavy (non-hydrogen) atoms. The molecule has 0 radical (unpaired) electrons. The molecule has 0 saturated carbocycles. The Bertz CT molecular complexity index is 613. The van der Waals surface area contributed by atoms with Crippen molar-refractivity contribution >= 4 is 17.2 Å². The van der Waals surface area contributed by atoms with Gasteiger partial charge in [0.05, 0.1) is 0 Å². The van der Waals surface area contributed by atoms with Crippen LogP contribution in [0.2, 0.25) is 0 Å². The summed E-state index contributed by atoms with van der Waals surface area (Å²) in [5, 5.41) is 0. The summed E-state index contributed by atoms with van der Waals surface area (Å²) in [6.07, 6.45) is 0. The molecule has 110 valence electrons. The topological polar surface area (TPSA) is 29.3 Å². The van der Waals surface area contributed by atoms with Crippen molar-refractivity contribution in [1.29, 1.82) is 0 Å². The van der Waals surface area contributed by atoms with Gasteiger partial charge < -0.3 is 5.73 Å². The van der Waals surface area contributed by atoms with Gasteiger partial charge in [-0.1, -0.05) is 61.6 Å². The molecule has 2 aromatic rings. The van der Waals surface area contributed by atoms with Gasteiger partial charge in [-0.2, -0.15) is 0 Å². The number of thiocarbonyl (C=S) groups is 1. The second-order valence-electron chi connectivity index (χ2n) is 4.96. The van der Waals surface area contributed by atoms with Crippen molar-refractivity contribution in [3.63, 3.8) is 0 Å². The van der Waals surface area contributed by atoms with E-state index in [2.05, 4.69) is 24.0 Å². The van der Waals surface area contributed by atoms with Crippen LogP contribution in [-0.2, 0) is 13.1 Å². The zero-order chi connectivity index (χ0) is 15.2. The molecule has 0 bridgehead atoms. The van der Waals surface area contributed by atoms with Crippen molar-refractivity contribution in [2.75, 3.05) is 6.54 Å². The van der Waals surface area contributed by atoms with Gasteiger partial charge >= 0.3 is 0 Å². The van der Waals surface area contributed by atoms with E-state index in [1.807, 2.05) is 18.2 Å². The number of hydrogen-bond donors (Lipinski definition) is 1. The highest BCUT2D eigenvalue weighted by Crippen LogP contribution is 2.15. The summed E-state index contributed by atoms with van der Waals surface area (Å²) in [6, 6.07) is 15.1. The number of benzene rings is 2. The van der Waals surface area contributed by atoms with Crippen LogP contribution in [-0.4, -0.2) is 16.4 Å². The standard InChI is InChI=1S/C17H19FN2S/c1-2-20(11-13-6-4-3-5-7-13)12-15-9-8-14(17(19)21)10-16(15)18/h3-10H,2,11-12H2,1H3,(H2,19,21). The molecule has 2 rings (SSSR count). The van der Waals surface area contributed by atoms with Gasteiger partial charge in [-0.3, -0.25) is 4.90 Å². The first kappa shape index (κ1) is 15.6. The summed E-state index contributed by atoms with van der Waals surface area (Å²) >= 11 is 4.86. The first-order chi connectivity index (χ1) is 10.1. The minimum atomic E-state index is -0.258. The molecule has 0 aliphatic carbocycles. The van der Waals surface area contributed by atoms with E-state index < -0.39 is 0 Å². The molecule has 0 aliphatic heterocycles. The van der Waals surface area contributed by atoms with Crippen molar-refractivity contribution in [1.82, 2.24) is 4.90 Å². The molecule has 0 aliphatic rings. The summed E-state index contributed by atoms with van der Waals surface area (Å²) in [5.41, 5.74) is 7.97.